The number of aryl methyl sites for hydroxylation is 1. The third kappa shape index (κ3) is 2.24. The zero-order chi connectivity index (χ0) is 11.7. The highest BCUT2D eigenvalue weighted by Crippen LogP contribution is 2.33. The van der Waals surface area contributed by atoms with Crippen molar-refractivity contribution in [1.29, 1.82) is 0 Å². The Morgan fingerprint density at radius 3 is 3.06 bits per heavy atom. The van der Waals surface area contributed by atoms with Crippen LogP contribution < -0.4 is 11.1 Å². The van der Waals surface area contributed by atoms with Crippen LogP contribution in [0.3, 0.4) is 0 Å². The minimum Gasteiger partial charge on any atom is -0.351 e. The molecule has 3 N–H and O–H groups in total. The van der Waals surface area contributed by atoms with E-state index in [0.29, 0.717) is 12.0 Å². The van der Waals surface area contributed by atoms with Gasteiger partial charge in [0, 0.05) is 24.8 Å². The van der Waals surface area contributed by atoms with Gasteiger partial charge in [0.1, 0.15) is 6.04 Å². The summed E-state index contributed by atoms with van der Waals surface area (Å²) in [7, 11) is 1.81. The smallest absolute Gasteiger partial charge is 0.241 e. The molecule has 1 aliphatic carbocycles. The number of amides is 1. The van der Waals surface area contributed by atoms with Crippen LogP contribution in [-0.4, -0.2) is 21.7 Å². The molecular formula is C11H18N4O. The van der Waals surface area contributed by atoms with E-state index < -0.39 is 6.04 Å². The van der Waals surface area contributed by atoms with Gasteiger partial charge < -0.3 is 11.1 Å². The molecule has 2 rings (SSSR count). The van der Waals surface area contributed by atoms with Crippen LogP contribution in [0.4, 0.5) is 0 Å². The second-order valence-electron chi connectivity index (χ2n) is 4.44. The molecule has 1 fully saturated rings. The molecule has 0 aliphatic heterocycles. The predicted molar refractivity (Wildman–Crippen MR) is 60.5 cm³/mol. The Morgan fingerprint density at radius 1 is 1.81 bits per heavy atom. The largest absolute Gasteiger partial charge is 0.351 e. The highest BCUT2D eigenvalue weighted by molar-refractivity contribution is 5.83. The van der Waals surface area contributed by atoms with Crippen LogP contribution in [-0.2, 0) is 11.8 Å². The number of rotatable bonds is 4. The minimum atomic E-state index is -0.605. The summed E-state index contributed by atoms with van der Waals surface area (Å²) in [6.07, 6.45) is 5.61. The van der Waals surface area contributed by atoms with E-state index in [9.17, 15) is 4.79 Å². The van der Waals surface area contributed by atoms with Crippen molar-refractivity contribution in [3.8, 4) is 0 Å². The first-order chi connectivity index (χ1) is 7.61. The Hall–Kier alpha value is -1.36. The minimum absolute atomic E-state index is 0.103. The fourth-order valence-corrected chi connectivity index (χ4v) is 1.90. The summed E-state index contributed by atoms with van der Waals surface area (Å²) in [6.45, 7) is 2.14. The maximum Gasteiger partial charge on any atom is 0.241 e. The van der Waals surface area contributed by atoms with Crippen LogP contribution >= 0.6 is 0 Å². The van der Waals surface area contributed by atoms with Gasteiger partial charge in [0.25, 0.3) is 0 Å². The highest BCUT2D eigenvalue weighted by Gasteiger charge is 2.37. The first-order valence-corrected chi connectivity index (χ1v) is 5.66. The van der Waals surface area contributed by atoms with Crippen molar-refractivity contribution >= 4 is 5.91 Å². The van der Waals surface area contributed by atoms with E-state index in [-0.39, 0.29) is 5.91 Å². The summed E-state index contributed by atoms with van der Waals surface area (Å²) in [5, 5.41) is 6.96. The molecule has 1 aromatic rings. The number of carbonyl (C=O) groups excluding carboxylic acids is 1. The molecule has 5 heteroatoms. The number of hydrogen-bond donors (Lipinski definition) is 2. The summed E-state index contributed by atoms with van der Waals surface area (Å²) in [4.78, 5) is 11.8. The van der Waals surface area contributed by atoms with Gasteiger partial charge in [-0.15, -0.1) is 0 Å². The fourth-order valence-electron chi connectivity index (χ4n) is 1.90. The second-order valence-corrected chi connectivity index (χ2v) is 4.44. The Bertz CT molecular complexity index is 387. The standard InChI is InChI=1S/C11H18N4O/c1-3-7-4-9(7)14-11(16)10(12)8-5-13-15(2)6-8/h5-7,9-10H,3-4,12H2,1-2H3,(H,14,16). The molecule has 0 radical (unpaired) electrons. The zero-order valence-corrected chi connectivity index (χ0v) is 9.68. The van der Waals surface area contributed by atoms with Crippen molar-refractivity contribution < 1.29 is 4.79 Å². The lowest BCUT2D eigenvalue weighted by Gasteiger charge is -2.10. The van der Waals surface area contributed by atoms with E-state index in [0.717, 1.165) is 18.4 Å². The van der Waals surface area contributed by atoms with Crippen LogP contribution in [0.2, 0.25) is 0 Å². The molecule has 0 aromatic carbocycles. The SMILES string of the molecule is CCC1CC1NC(=O)C(N)c1cnn(C)c1. The number of carbonyl (C=O) groups is 1. The van der Waals surface area contributed by atoms with E-state index in [1.807, 2.05) is 7.05 Å². The van der Waals surface area contributed by atoms with Gasteiger partial charge in [-0.2, -0.15) is 5.10 Å². The molecule has 88 valence electrons. The molecule has 0 spiro atoms. The maximum absolute atomic E-state index is 11.8. The third-order valence-corrected chi connectivity index (χ3v) is 3.14. The summed E-state index contributed by atoms with van der Waals surface area (Å²) in [6, 6.07) is -0.271. The molecule has 1 amide bonds. The summed E-state index contributed by atoms with van der Waals surface area (Å²) in [5.41, 5.74) is 6.61. The molecule has 3 atom stereocenters. The van der Waals surface area contributed by atoms with Gasteiger partial charge in [-0.25, -0.2) is 0 Å². The van der Waals surface area contributed by atoms with Crippen LogP contribution in [0.5, 0.6) is 0 Å². The number of nitrogens with two attached hydrogens (primary N) is 1. The topological polar surface area (TPSA) is 72.9 Å². The van der Waals surface area contributed by atoms with Crippen LogP contribution in [0.25, 0.3) is 0 Å². The van der Waals surface area contributed by atoms with Gasteiger partial charge in [0.2, 0.25) is 5.91 Å². The highest BCUT2D eigenvalue weighted by atomic mass is 16.2. The Balaban J connectivity index is 1.90. The number of nitrogens with zero attached hydrogens (tertiary/aromatic N) is 2. The van der Waals surface area contributed by atoms with Crippen LogP contribution in [0.15, 0.2) is 12.4 Å². The summed E-state index contributed by atoms with van der Waals surface area (Å²) < 4.78 is 1.65. The molecule has 1 heterocycles. The monoisotopic (exact) mass is 222 g/mol. The summed E-state index contributed by atoms with van der Waals surface area (Å²) in [5.74, 6) is 0.541. The first-order valence-electron chi connectivity index (χ1n) is 5.66. The lowest BCUT2D eigenvalue weighted by Crippen LogP contribution is -2.35. The number of aromatic nitrogens is 2. The Labute approximate surface area is 95.0 Å². The molecule has 1 aliphatic rings. The van der Waals surface area contributed by atoms with Crippen molar-refractivity contribution in [2.75, 3.05) is 0 Å². The van der Waals surface area contributed by atoms with Gasteiger partial charge in [0.15, 0.2) is 0 Å². The second kappa shape index (κ2) is 4.25. The first kappa shape index (κ1) is 11.1. The van der Waals surface area contributed by atoms with Gasteiger partial charge in [-0.05, 0) is 12.3 Å². The van der Waals surface area contributed by atoms with Crippen molar-refractivity contribution in [3.05, 3.63) is 18.0 Å². The van der Waals surface area contributed by atoms with Crippen molar-refractivity contribution in [2.45, 2.75) is 31.8 Å². The maximum atomic E-state index is 11.8. The molecule has 3 unspecified atom stereocenters. The van der Waals surface area contributed by atoms with Gasteiger partial charge in [-0.1, -0.05) is 13.3 Å². The van der Waals surface area contributed by atoms with Crippen molar-refractivity contribution in [3.63, 3.8) is 0 Å². The van der Waals surface area contributed by atoms with Gasteiger partial charge >= 0.3 is 0 Å². The molecule has 1 aromatic heterocycles. The predicted octanol–water partition coefficient (Wildman–Crippen LogP) is 0.335. The zero-order valence-electron chi connectivity index (χ0n) is 9.68. The lowest BCUT2D eigenvalue weighted by atomic mass is 10.1. The molecule has 1 saturated carbocycles. The lowest BCUT2D eigenvalue weighted by molar-refractivity contribution is -0.122. The van der Waals surface area contributed by atoms with Gasteiger partial charge in [0.05, 0.1) is 6.20 Å². The summed E-state index contributed by atoms with van der Waals surface area (Å²) >= 11 is 0. The van der Waals surface area contributed by atoms with Crippen molar-refractivity contribution in [2.24, 2.45) is 18.7 Å². The van der Waals surface area contributed by atoms with E-state index in [4.69, 9.17) is 5.73 Å². The van der Waals surface area contributed by atoms with E-state index in [1.54, 1.807) is 17.1 Å². The Morgan fingerprint density at radius 2 is 2.56 bits per heavy atom. The van der Waals surface area contributed by atoms with Crippen molar-refractivity contribution in [1.82, 2.24) is 15.1 Å². The van der Waals surface area contributed by atoms with Gasteiger partial charge in [-0.3, -0.25) is 9.48 Å². The molecular weight excluding hydrogens is 204 g/mol. The third-order valence-electron chi connectivity index (χ3n) is 3.14. The van der Waals surface area contributed by atoms with Crippen LogP contribution in [0.1, 0.15) is 31.4 Å². The number of hydrogen-bond acceptors (Lipinski definition) is 3. The van der Waals surface area contributed by atoms with E-state index >= 15 is 0 Å². The molecule has 16 heavy (non-hydrogen) atoms. The average Bonchev–Trinajstić information content (AvgIpc) is 2.87. The molecule has 0 bridgehead atoms. The number of nitrogens with one attached hydrogen (secondary N) is 1. The normalized spacial score (nSPS) is 25.2. The quantitative estimate of drug-likeness (QED) is 0.771. The molecule has 5 nitrogen and oxygen atoms in total. The average molecular weight is 222 g/mol. The molecule has 0 saturated heterocycles. The Kier molecular flexibility index (Phi) is 2.96. The fraction of sp³-hybridized carbons (Fsp3) is 0.636. The van der Waals surface area contributed by atoms with E-state index in [1.165, 1.54) is 0 Å². The van der Waals surface area contributed by atoms with Crippen LogP contribution in [0, 0.1) is 5.92 Å². The van der Waals surface area contributed by atoms with E-state index in [2.05, 4.69) is 17.3 Å².